The van der Waals surface area contributed by atoms with Gasteiger partial charge in [0.25, 0.3) is 5.56 Å². The predicted molar refractivity (Wildman–Crippen MR) is 77.7 cm³/mol. The number of esters is 2. The van der Waals surface area contributed by atoms with E-state index in [4.69, 9.17) is 4.74 Å². The van der Waals surface area contributed by atoms with Crippen molar-refractivity contribution in [1.29, 1.82) is 0 Å². The van der Waals surface area contributed by atoms with Crippen LogP contribution in [0.15, 0.2) is 9.59 Å². The lowest BCUT2D eigenvalue weighted by atomic mass is 9.95. The second-order valence-corrected chi connectivity index (χ2v) is 4.79. The van der Waals surface area contributed by atoms with Crippen LogP contribution in [0, 0.1) is 6.92 Å². The molecule has 1 unspecified atom stereocenters. The lowest BCUT2D eigenvalue weighted by Gasteiger charge is -2.18. The number of hydrogen-bond acceptors (Lipinski definition) is 6. The van der Waals surface area contributed by atoms with E-state index in [0.29, 0.717) is 5.69 Å². The average Bonchev–Trinajstić information content (AvgIpc) is 2.50. The lowest BCUT2D eigenvalue weighted by molar-refractivity contribution is -0.150. The minimum atomic E-state index is -1.11. The van der Waals surface area contributed by atoms with E-state index in [-0.39, 0.29) is 18.6 Å². The summed E-state index contributed by atoms with van der Waals surface area (Å²) in [7, 11) is 3.99. The SMILES string of the molecule is CCOC(=O)C(CC(=O)OC)c1c(C)n(C)c(=O)n(C)c1=O. The second kappa shape index (κ2) is 7.06. The highest BCUT2D eigenvalue weighted by atomic mass is 16.5. The van der Waals surface area contributed by atoms with Crippen molar-refractivity contribution in [2.75, 3.05) is 13.7 Å². The number of carbonyl (C=O) groups excluding carboxylic acids is 2. The van der Waals surface area contributed by atoms with E-state index in [1.165, 1.54) is 25.8 Å². The van der Waals surface area contributed by atoms with Crippen LogP contribution in [0.4, 0.5) is 0 Å². The quantitative estimate of drug-likeness (QED) is 0.687. The summed E-state index contributed by atoms with van der Waals surface area (Å²) in [4.78, 5) is 47.9. The van der Waals surface area contributed by atoms with Gasteiger partial charge >= 0.3 is 17.6 Å². The molecule has 0 aromatic carbocycles. The molecule has 0 fully saturated rings. The molecule has 0 saturated carbocycles. The van der Waals surface area contributed by atoms with E-state index >= 15 is 0 Å². The van der Waals surface area contributed by atoms with E-state index in [2.05, 4.69) is 4.74 Å². The maximum absolute atomic E-state index is 12.4. The molecular formula is C14H20N2O6. The van der Waals surface area contributed by atoms with Crippen LogP contribution in [-0.2, 0) is 33.2 Å². The van der Waals surface area contributed by atoms with Crippen LogP contribution in [0.25, 0.3) is 0 Å². The van der Waals surface area contributed by atoms with Gasteiger partial charge in [-0.15, -0.1) is 0 Å². The fraction of sp³-hybridized carbons (Fsp3) is 0.571. The maximum atomic E-state index is 12.4. The van der Waals surface area contributed by atoms with Gasteiger partial charge in [0.1, 0.15) is 0 Å². The number of carbonyl (C=O) groups is 2. The summed E-state index contributed by atoms with van der Waals surface area (Å²) in [5.74, 6) is -2.46. The molecule has 0 amide bonds. The van der Waals surface area contributed by atoms with Crippen LogP contribution in [0.1, 0.15) is 30.5 Å². The fourth-order valence-corrected chi connectivity index (χ4v) is 2.17. The molecule has 0 bridgehead atoms. The normalized spacial score (nSPS) is 11.9. The van der Waals surface area contributed by atoms with Gasteiger partial charge in [0.15, 0.2) is 0 Å². The molecular weight excluding hydrogens is 292 g/mol. The summed E-state index contributed by atoms with van der Waals surface area (Å²) < 4.78 is 11.7. The van der Waals surface area contributed by atoms with E-state index in [1.807, 2.05) is 0 Å². The smallest absolute Gasteiger partial charge is 0.330 e. The number of aromatic nitrogens is 2. The molecule has 8 nitrogen and oxygen atoms in total. The van der Waals surface area contributed by atoms with Gasteiger partial charge < -0.3 is 14.0 Å². The molecule has 122 valence electrons. The molecule has 0 saturated heterocycles. The zero-order valence-electron chi connectivity index (χ0n) is 13.3. The molecule has 1 rings (SSSR count). The average molecular weight is 312 g/mol. The first-order chi connectivity index (χ1) is 10.3. The van der Waals surface area contributed by atoms with Crippen molar-refractivity contribution in [2.45, 2.75) is 26.2 Å². The molecule has 0 aliphatic heterocycles. The van der Waals surface area contributed by atoms with E-state index in [1.54, 1.807) is 13.8 Å². The third-order valence-corrected chi connectivity index (χ3v) is 3.52. The Bertz CT molecular complexity index is 701. The van der Waals surface area contributed by atoms with Crippen molar-refractivity contribution in [3.63, 3.8) is 0 Å². The lowest BCUT2D eigenvalue weighted by Crippen LogP contribution is -2.42. The molecule has 0 spiro atoms. The molecule has 1 aromatic rings. The summed E-state index contributed by atoms with van der Waals surface area (Å²) in [6.07, 6.45) is -0.330. The Morgan fingerprint density at radius 3 is 2.27 bits per heavy atom. The van der Waals surface area contributed by atoms with E-state index in [0.717, 1.165) is 4.57 Å². The molecule has 0 aliphatic carbocycles. The Morgan fingerprint density at radius 2 is 1.77 bits per heavy atom. The molecule has 0 radical (unpaired) electrons. The van der Waals surface area contributed by atoms with Crippen LogP contribution in [0.2, 0.25) is 0 Å². The number of ether oxygens (including phenoxy) is 2. The number of hydrogen-bond donors (Lipinski definition) is 0. The Kier molecular flexibility index (Phi) is 5.67. The van der Waals surface area contributed by atoms with Crippen LogP contribution in [0.3, 0.4) is 0 Å². The van der Waals surface area contributed by atoms with Gasteiger partial charge in [-0.2, -0.15) is 0 Å². The standard InChI is InChI=1S/C14H20N2O6/c1-6-22-13(19)9(7-10(17)21-5)11-8(2)15(3)14(20)16(4)12(11)18/h9H,6-7H2,1-5H3. The van der Waals surface area contributed by atoms with Gasteiger partial charge in [-0.3, -0.25) is 19.0 Å². The first kappa shape index (κ1) is 17.7. The first-order valence-electron chi connectivity index (χ1n) is 6.76. The third kappa shape index (κ3) is 3.26. The molecule has 0 aliphatic rings. The van der Waals surface area contributed by atoms with Gasteiger partial charge in [0.2, 0.25) is 0 Å². The fourth-order valence-electron chi connectivity index (χ4n) is 2.17. The van der Waals surface area contributed by atoms with Crippen LogP contribution < -0.4 is 11.2 Å². The van der Waals surface area contributed by atoms with Crippen molar-refractivity contribution in [1.82, 2.24) is 9.13 Å². The van der Waals surface area contributed by atoms with Gasteiger partial charge in [0.05, 0.1) is 31.6 Å². The topological polar surface area (TPSA) is 96.6 Å². The van der Waals surface area contributed by atoms with Crippen LogP contribution in [-0.4, -0.2) is 34.8 Å². The largest absolute Gasteiger partial charge is 0.469 e. The molecule has 1 heterocycles. The highest BCUT2D eigenvalue weighted by Gasteiger charge is 2.31. The van der Waals surface area contributed by atoms with Crippen molar-refractivity contribution in [3.05, 3.63) is 32.1 Å². The minimum Gasteiger partial charge on any atom is -0.469 e. The van der Waals surface area contributed by atoms with Gasteiger partial charge in [-0.25, -0.2) is 4.79 Å². The summed E-state index contributed by atoms with van der Waals surface area (Å²) in [5, 5.41) is 0. The minimum absolute atomic E-state index is 0.0634. The highest BCUT2D eigenvalue weighted by Crippen LogP contribution is 2.21. The van der Waals surface area contributed by atoms with E-state index in [9.17, 15) is 19.2 Å². The summed E-state index contributed by atoms with van der Waals surface area (Å²) in [6.45, 7) is 3.28. The van der Waals surface area contributed by atoms with Crippen molar-refractivity contribution >= 4 is 11.9 Å². The van der Waals surface area contributed by atoms with Crippen molar-refractivity contribution in [3.8, 4) is 0 Å². The summed E-state index contributed by atoms with van der Waals surface area (Å²) in [6, 6.07) is 0. The zero-order valence-corrected chi connectivity index (χ0v) is 13.3. The Labute approximate surface area is 127 Å². The van der Waals surface area contributed by atoms with Crippen LogP contribution in [0.5, 0.6) is 0 Å². The Morgan fingerprint density at radius 1 is 1.18 bits per heavy atom. The Hall–Kier alpha value is -2.38. The van der Waals surface area contributed by atoms with Crippen LogP contribution >= 0.6 is 0 Å². The molecule has 1 atom stereocenters. The second-order valence-electron chi connectivity index (χ2n) is 4.79. The number of nitrogens with zero attached hydrogens (tertiary/aromatic N) is 2. The molecule has 22 heavy (non-hydrogen) atoms. The van der Waals surface area contributed by atoms with Crippen molar-refractivity contribution in [2.24, 2.45) is 14.1 Å². The first-order valence-corrected chi connectivity index (χ1v) is 6.76. The molecule has 0 N–H and O–H groups in total. The predicted octanol–water partition coefficient (Wildman–Crippen LogP) is -0.398. The molecule has 8 heteroatoms. The zero-order chi connectivity index (χ0) is 17.0. The van der Waals surface area contributed by atoms with Gasteiger partial charge in [-0.1, -0.05) is 0 Å². The number of methoxy groups -OCH3 is 1. The van der Waals surface area contributed by atoms with E-state index < -0.39 is 29.1 Å². The highest BCUT2D eigenvalue weighted by molar-refractivity contribution is 5.84. The Balaban J connectivity index is 3.55. The van der Waals surface area contributed by atoms with Crippen molar-refractivity contribution < 1.29 is 19.1 Å². The molecule has 1 aromatic heterocycles. The maximum Gasteiger partial charge on any atom is 0.330 e. The van der Waals surface area contributed by atoms with Gasteiger partial charge in [-0.05, 0) is 13.8 Å². The van der Waals surface area contributed by atoms with Gasteiger partial charge in [0, 0.05) is 19.8 Å². The summed E-state index contributed by atoms with van der Waals surface area (Å²) in [5.41, 5.74) is -0.752. The number of rotatable bonds is 5. The third-order valence-electron chi connectivity index (χ3n) is 3.52. The summed E-state index contributed by atoms with van der Waals surface area (Å²) >= 11 is 0. The monoisotopic (exact) mass is 312 g/mol.